The van der Waals surface area contributed by atoms with Crippen molar-refractivity contribution in [3.63, 3.8) is 0 Å². The summed E-state index contributed by atoms with van der Waals surface area (Å²) in [6.45, 7) is 3.31. The lowest BCUT2D eigenvalue weighted by atomic mass is 10.3. The molecule has 1 atom stereocenters. The van der Waals surface area contributed by atoms with Gasteiger partial charge in [0.25, 0.3) is 5.56 Å². The number of aryl methyl sites for hydroxylation is 1. The molecule has 2 heterocycles. The van der Waals surface area contributed by atoms with E-state index in [0.29, 0.717) is 6.54 Å². The fourth-order valence-electron chi connectivity index (χ4n) is 1.19. The lowest BCUT2D eigenvalue weighted by Crippen LogP contribution is -2.23. The number of rotatable bonds is 2. The van der Waals surface area contributed by atoms with Gasteiger partial charge in [-0.05, 0) is 13.0 Å². The molecule has 1 unspecified atom stereocenters. The lowest BCUT2D eigenvalue weighted by Gasteiger charge is -2.02. The smallest absolute Gasteiger partial charge is 0.253 e. The number of epoxide rings is 1. The standard InChI is InChI=1S/C9H11NO2/c1-7-3-2-4-10(9(7)11)5-8-6-12-8/h2-4,8H,5-6H2,1H3. The van der Waals surface area contributed by atoms with Crippen LogP contribution in [0, 0.1) is 6.92 Å². The van der Waals surface area contributed by atoms with E-state index in [4.69, 9.17) is 4.74 Å². The van der Waals surface area contributed by atoms with Crippen LogP contribution in [0.2, 0.25) is 0 Å². The van der Waals surface area contributed by atoms with Gasteiger partial charge < -0.3 is 9.30 Å². The fourth-order valence-corrected chi connectivity index (χ4v) is 1.19. The minimum absolute atomic E-state index is 0.0907. The second-order valence-corrected chi connectivity index (χ2v) is 3.10. The van der Waals surface area contributed by atoms with Gasteiger partial charge in [-0.3, -0.25) is 4.79 Å². The summed E-state index contributed by atoms with van der Waals surface area (Å²) in [5.41, 5.74) is 0.881. The number of pyridine rings is 1. The van der Waals surface area contributed by atoms with Gasteiger partial charge in [-0.25, -0.2) is 0 Å². The van der Waals surface area contributed by atoms with Gasteiger partial charge in [0.15, 0.2) is 0 Å². The van der Waals surface area contributed by atoms with Gasteiger partial charge in [-0.1, -0.05) is 6.07 Å². The number of ether oxygens (including phenoxy) is 1. The Morgan fingerprint density at radius 3 is 3.17 bits per heavy atom. The molecule has 1 fully saturated rings. The molecule has 3 heteroatoms. The molecule has 3 nitrogen and oxygen atoms in total. The highest BCUT2D eigenvalue weighted by molar-refractivity contribution is 5.07. The third kappa shape index (κ3) is 1.41. The van der Waals surface area contributed by atoms with E-state index in [9.17, 15) is 4.79 Å². The molecule has 0 N–H and O–H groups in total. The van der Waals surface area contributed by atoms with Crippen LogP contribution in [0.5, 0.6) is 0 Å². The predicted octanol–water partition coefficient (Wildman–Crippen LogP) is 0.556. The molecule has 1 aliphatic rings. The molecule has 0 aliphatic carbocycles. The van der Waals surface area contributed by atoms with Gasteiger partial charge in [0.1, 0.15) is 0 Å². The zero-order chi connectivity index (χ0) is 8.55. The number of nitrogens with zero attached hydrogens (tertiary/aromatic N) is 1. The molecule has 0 aromatic carbocycles. The SMILES string of the molecule is Cc1cccn(CC2CO2)c1=O. The van der Waals surface area contributed by atoms with Crippen molar-refractivity contribution in [2.75, 3.05) is 6.61 Å². The van der Waals surface area contributed by atoms with E-state index in [1.165, 1.54) is 0 Å². The Hall–Kier alpha value is -1.09. The second kappa shape index (κ2) is 2.75. The summed E-state index contributed by atoms with van der Waals surface area (Å²) in [5, 5.41) is 0. The highest BCUT2D eigenvalue weighted by atomic mass is 16.6. The quantitative estimate of drug-likeness (QED) is 0.600. The van der Waals surface area contributed by atoms with Crippen LogP contribution < -0.4 is 5.56 Å². The Morgan fingerprint density at radius 1 is 1.75 bits per heavy atom. The fraction of sp³-hybridized carbons (Fsp3) is 0.444. The summed E-state index contributed by atoms with van der Waals surface area (Å²) in [6.07, 6.45) is 2.07. The summed E-state index contributed by atoms with van der Waals surface area (Å²) in [5.74, 6) is 0. The van der Waals surface area contributed by atoms with E-state index in [2.05, 4.69) is 0 Å². The molecule has 0 saturated carbocycles. The second-order valence-electron chi connectivity index (χ2n) is 3.10. The third-order valence-electron chi connectivity index (χ3n) is 2.01. The molecule has 0 spiro atoms. The van der Waals surface area contributed by atoms with Crippen molar-refractivity contribution in [3.05, 3.63) is 34.2 Å². The zero-order valence-corrected chi connectivity index (χ0v) is 6.99. The van der Waals surface area contributed by atoms with Crippen molar-refractivity contribution >= 4 is 0 Å². The zero-order valence-electron chi connectivity index (χ0n) is 6.99. The van der Waals surface area contributed by atoms with Crippen molar-refractivity contribution in [3.8, 4) is 0 Å². The van der Waals surface area contributed by atoms with Crippen molar-refractivity contribution in [1.82, 2.24) is 4.57 Å². The van der Waals surface area contributed by atoms with Gasteiger partial charge in [-0.15, -0.1) is 0 Å². The molecule has 1 aromatic heterocycles. The minimum Gasteiger partial charge on any atom is -0.371 e. The van der Waals surface area contributed by atoms with Gasteiger partial charge >= 0.3 is 0 Å². The van der Waals surface area contributed by atoms with Crippen LogP contribution in [0.3, 0.4) is 0 Å². The van der Waals surface area contributed by atoms with E-state index in [1.807, 2.05) is 19.1 Å². The van der Waals surface area contributed by atoms with Gasteiger partial charge in [0.05, 0.1) is 19.3 Å². The molecule has 1 saturated heterocycles. The molecule has 0 radical (unpaired) electrons. The van der Waals surface area contributed by atoms with Gasteiger partial charge in [-0.2, -0.15) is 0 Å². The average molecular weight is 165 g/mol. The first-order valence-electron chi connectivity index (χ1n) is 4.05. The predicted molar refractivity (Wildman–Crippen MR) is 45.2 cm³/mol. The molecule has 0 amide bonds. The maximum atomic E-state index is 11.4. The van der Waals surface area contributed by atoms with Crippen molar-refractivity contribution in [2.45, 2.75) is 19.6 Å². The van der Waals surface area contributed by atoms with Gasteiger partial charge in [0.2, 0.25) is 0 Å². The Morgan fingerprint density at radius 2 is 2.50 bits per heavy atom. The third-order valence-corrected chi connectivity index (χ3v) is 2.01. The molecular weight excluding hydrogens is 154 g/mol. The average Bonchev–Trinajstić information content (AvgIpc) is 2.83. The Kier molecular flexibility index (Phi) is 1.73. The van der Waals surface area contributed by atoms with E-state index in [-0.39, 0.29) is 11.7 Å². The highest BCUT2D eigenvalue weighted by Gasteiger charge is 2.22. The number of hydrogen-bond donors (Lipinski definition) is 0. The molecule has 0 bridgehead atoms. The molecule has 64 valence electrons. The first-order valence-corrected chi connectivity index (χ1v) is 4.05. The van der Waals surface area contributed by atoms with Crippen molar-refractivity contribution in [2.24, 2.45) is 0 Å². The van der Waals surface area contributed by atoms with Crippen LogP contribution in [0.1, 0.15) is 5.56 Å². The van der Waals surface area contributed by atoms with E-state index >= 15 is 0 Å². The molecular formula is C9H11NO2. The van der Waals surface area contributed by atoms with E-state index < -0.39 is 0 Å². The Bertz CT molecular complexity index is 339. The largest absolute Gasteiger partial charge is 0.371 e. The lowest BCUT2D eigenvalue weighted by molar-refractivity contribution is 0.380. The first kappa shape index (κ1) is 7.55. The summed E-state index contributed by atoms with van der Waals surface area (Å²) in [6, 6.07) is 3.71. The Balaban J connectivity index is 2.29. The summed E-state index contributed by atoms with van der Waals surface area (Å²) in [4.78, 5) is 11.4. The Labute approximate surface area is 70.6 Å². The molecule has 2 rings (SSSR count). The molecule has 12 heavy (non-hydrogen) atoms. The van der Waals surface area contributed by atoms with Crippen LogP contribution in [0.25, 0.3) is 0 Å². The first-order chi connectivity index (χ1) is 5.77. The van der Waals surface area contributed by atoms with Crippen LogP contribution in [0.4, 0.5) is 0 Å². The molecule has 1 aliphatic heterocycles. The number of aromatic nitrogens is 1. The van der Waals surface area contributed by atoms with Crippen LogP contribution in [-0.4, -0.2) is 17.3 Å². The normalized spacial score (nSPS) is 20.9. The van der Waals surface area contributed by atoms with Crippen LogP contribution >= 0.6 is 0 Å². The van der Waals surface area contributed by atoms with Crippen LogP contribution in [0.15, 0.2) is 23.1 Å². The van der Waals surface area contributed by atoms with E-state index in [0.717, 1.165) is 12.2 Å². The van der Waals surface area contributed by atoms with Gasteiger partial charge in [0, 0.05) is 11.8 Å². The highest BCUT2D eigenvalue weighted by Crippen LogP contribution is 2.10. The maximum Gasteiger partial charge on any atom is 0.253 e. The topological polar surface area (TPSA) is 34.5 Å². The van der Waals surface area contributed by atoms with Crippen molar-refractivity contribution in [1.29, 1.82) is 0 Å². The molecule has 1 aromatic rings. The van der Waals surface area contributed by atoms with E-state index in [1.54, 1.807) is 10.8 Å². The van der Waals surface area contributed by atoms with Crippen LogP contribution in [-0.2, 0) is 11.3 Å². The minimum atomic E-state index is 0.0907. The monoisotopic (exact) mass is 165 g/mol. The van der Waals surface area contributed by atoms with Crippen molar-refractivity contribution < 1.29 is 4.74 Å². The summed E-state index contributed by atoms with van der Waals surface area (Å²) >= 11 is 0. The summed E-state index contributed by atoms with van der Waals surface area (Å²) in [7, 11) is 0. The summed E-state index contributed by atoms with van der Waals surface area (Å²) < 4.78 is 6.75. The maximum absolute atomic E-state index is 11.4. The number of hydrogen-bond acceptors (Lipinski definition) is 2.